The summed E-state index contributed by atoms with van der Waals surface area (Å²) in [6, 6.07) is 0. The second-order valence-electron chi connectivity index (χ2n) is 8.05. The van der Waals surface area contributed by atoms with Gasteiger partial charge in [0.15, 0.2) is 5.96 Å². The minimum Gasteiger partial charge on any atom is -0.379 e. The number of guanidine groups is 1. The smallest absolute Gasteiger partial charge is 0.219 e. The summed E-state index contributed by atoms with van der Waals surface area (Å²) in [5.74, 6) is 1.18. The van der Waals surface area contributed by atoms with Crippen molar-refractivity contribution in [1.82, 2.24) is 20.0 Å². The molecule has 162 valence electrons. The van der Waals surface area contributed by atoms with Gasteiger partial charge < -0.3 is 19.9 Å². The van der Waals surface area contributed by atoms with Crippen LogP contribution in [-0.2, 0) is 9.53 Å². The summed E-state index contributed by atoms with van der Waals surface area (Å²) in [5.41, 5.74) is 0.198. The number of carbonyl (C=O) groups is 1. The van der Waals surface area contributed by atoms with Gasteiger partial charge >= 0.3 is 0 Å². The molecule has 1 aliphatic carbocycles. The highest BCUT2D eigenvalue weighted by molar-refractivity contribution is 14.0. The van der Waals surface area contributed by atoms with Crippen LogP contribution in [0.5, 0.6) is 0 Å². The Kier molecular flexibility index (Phi) is 9.76. The molecule has 3 rings (SSSR count). The minimum atomic E-state index is 0. The van der Waals surface area contributed by atoms with E-state index in [2.05, 4.69) is 22.0 Å². The van der Waals surface area contributed by atoms with Crippen LogP contribution < -0.4 is 5.32 Å². The van der Waals surface area contributed by atoms with E-state index in [9.17, 15) is 4.79 Å². The molecule has 1 saturated carbocycles. The molecule has 0 aromatic heterocycles. The number of amides is 1. The van der Waals surface area contributed by atoms with Gasteiger partial charge in [0.25, 0.3) is 0 Å². The van der Waals surface area contributed by atoms with E-state index in [0.29, 0.717) is 0 Å². The van der Waals surface area contributed by atoms with Crippen molar-refractivity contribution >= 4 is 35.8 Å². The average molecular weight is 507 g/mol. The van der Waals surface area contributed by atoms with E-state index >= 15 is 0 Å². The first-order valence-electron chi connectivity index (χ1n) is 10.8. The molecule has 0 atom stereocenters. The summed E-state index contributed by atoms with van der Waals surface area (Å²) in [4.78, 5) is 23.6. The van der Waals surface area contributed by atoms with Crippen molar-refractivity contribution in [3.63, 3.8) is 0 Å². The Morgan fingerprint density at radius 1 is 1.00 bits per heavy atom. The predicted octanol–water partition coefficient (Wildman–Crippen LogP) is 1.77. The van der Waals surface area contributed by atoms with Crippen molar-refractivity contribution in [2.24, 2.45) is 4.99 Å². The summed E-state index contributed by atoms with van der Waals surface area (Å²) < 4.78 is 5.59. The molecule has 8 heteroatoms. The largest absolute Gasteiger partial charge is 0.379 e. The first-order chi connectivity index (χ1) is 13.1. The maximum Gasteiger partial charge on any atom is 0.219 e. The molecule has 7 nitrogen and oxygen atoms in total. The summed E-state index contributed by atoms with van der Waals surface area (Å²) in [6.45, 7) is 12.6. The number of halogens is 1. The SMILES string of the molecule is CCNC(=NCC1(N2CCOCC2)CCCCC1)N1CCN(C(C)=O)CC1.I. The van der Waals surface area contributed by atoms with Crippen LogP contribution in [0, 0.1) is 0 Å². The highest BCUT2D eigenvalue weighted by Gasteiger charge is 2.38. The standard InChI is InChI=1S/C20H37N5O2.HI/c1-3-21-19(24-11-9-23(10-12-24)18(2)26)22-17-20(7-5-4-6-8-20)25-13-15-27-16-14-25;/h3-17H2,1-2H3,(H,21,22);1H. The molecule has 0 aromatic rings. The highest BCUT2D eigenvalue weighted by atomic mass is 127. The number of hydrogen-bond acceptors (Lipinski definition) is 4. The van der Waals surface area contributed by atoms with Crippen LogP contribution in [0.4, 0.5) is 0 Å². The second kappa shape index (κ2) is 11.5. The van der Waals surface area contributed by atoms with Crippen molar-refractivity contribution in [2.75, 3.05) is 65.6 Å². The van der Waals surface area contributed by atoms with Crippen molar-refractivity contribution in [3.05, 3.63) is 0 Å². The molecule has 28 heavy (non-hydrogen) atoms. The maximum absolute atomic E-state index is 11.6. The Balaban J connectivity index is 0.00000280. The summed E-state index contributed by atoms with van der Waals surface area (Å²) in [7, 11) is 0. The number of morpholine rings is 1. The van der Waals surface area contributed by atoms with Gasteiger partial charge in [-0.05, 0) is 19.8 Å². The first-order valence-corrected chi connectivity index (χ1v) is 10.8. The van der Waals surface area contributed by atoms with Gasteiger partial charge in [0.2, 0.25) is 5.91 Å². The van der Waals surface area contributed by atoms with Gasteiger partial charge in [-0.25, -0.2) is 0 Å². The van der Waals surface area contributed by atoms with Gasteiger partial charge in [0, 0.05) is 58.3 Å². The van der Waals surface area contributed by atoms with Crippen molar-refractivity contribution < 1.29 is 9.53 Å². The van der Waals surface area contributed by atoms with Gasteiger partial charge in [0.1, 0.15) is 0 Å². The lowest BCUT2D eigenvalue weighted by Crippen LogP contribution is -2.57. The molecule has 2 saturated heterocycles. The molecule has 1 amide bonds. The quantitative estimate of drug-likeness (QED) is 0.357. The fourth-order valence-corrected chi connectivity index (χ4v) is 4.70. The first kappa shape index (κ1) is 23.7. The molecule has 0 bridgehead atoms. The van der Waals surface area contributed by atoms with Gasteiger partial charge in [-0.3, -0.25) is 14.7 Å². The fraction of sp³-hybridized carbons (Fsp3) is 0.900. The Labute approximate surface area is 187 Å². The lowest BCUT2D eigenvalue weighted by atomic mass is 9.80. The molecule has 0 radical (unpaired) electrons. The zero-order valence-electron chi connectivity index (χ0n) is 17.6. The zero-order valence-corrected chi connectivity index (χ0v) is 20.0. The van der Waals surface area contributed by atoms with Crippen LogP contribution >= 0.6 is 24.0 Å². The predicted molar refractivity (Wildman–Crippen MR) is 123 cm³/mol. The number of nitrogens with one attached hydrogen (secondary N) is 1. The third-order valence-electron chi connectivity index (χ3n) is 6.35. The van der Waals surface area contributed by atoms with Gasteiger partial charge in [-0.2, -0.15) is 0 Å². The van der Waals surface area contributed by atoms with E-state index < -0.39 is 0 Å². The van der Waals surface area contributed by atoms with Crippen molar-refractivity contribution in [1.29, 1.82) is 0 Å². The molecule has 0 unspecified atom stereocenters. The number of ether oxygens (including phenoxy) is 1. The molecule has 1 N–H and O–H groups in total. The van der Waals surface area contributed by atoms with Crippen molar-refractivity contribution in [2.45, 2.75) is 51.5 Å². The number of aliphatic imine (C=N–C) groups is 1. The van der Waals surface area contributed by atoms with Crippen LogP contribution in [-0.4, -0.2) is 97.7 Å². The third kappa shape index (κ3) is 5.95. The summed E-state index contributed by atoms with van der Waals surface area (Å²) in [5, 5.41) is 3.49. The van der Waals surface area contributed by atoms with Crippen LogP contribution in [0.25, 0.3) is 0 Å². The zero-order chi connectivity index (χ0) is 19.1. The Morgan fingerprint density at radius 3 is 2.18 bits per heavy atom. The average Bonchev–Trinajstić information content (AvgIpc) is 2.72. The lowest BCUT2D eigenvalue weighted by Gasteiger charge is -2.47. The van der Waals surface area contributed by atoms with E-state index in [1.54, 1.807) is 6.92 Å². The van der Waals surface area contributed by atoms with Crippen LogP contribution in [0.3, 0.4) is 0 Å². The third-order valence-corrected chi connectivity index (χ3v) is 6.35. The van der Waals surface area contributed by atoms with E-state index in [0.717, 1.165) is 71.5 Å². The maximum atomic E-state index is 11.6. The van der Waals surface area contributed by atoms with Gasteiger partial charge in [0.05, 0.1) is 19.8 Å². The number of carbonyl (C=O) groups excluding carboxylic acids is 1. The molecule has 2 heterocycles. The number of hydrogen-bond donors (Lipinski definition) is 1. The Bertz CT molecular complexity index is 511. The number of nitrogens with zero attached hydrogens (tertiary/aromatic N) is 4. The lowest BCUT2D eigenvalue weighted by molar-refractivity contribution is -0.130. The van der Waals surface area contributed by atoms with E-state index in [1.165, 1.54) is 32.1 Å². The Hall–Kier alpha value is -0.610. The molecular formula is C20H38IN5O2. The van der Waals surface area contributed by atoms with E-state index in [4.69, 9.17) is 9.73 Å². The molecule has 0 aromatic carbocycles. The van der Waals surface area contributed by atoms with Gasteiger partial charge in [-0.1, -0.05) is 19.3 Å². The molecule has 3 fully saturated rings. The highest BCUT2D eigenvalue weighted by Crippen LogP contribution is 2.34. The normalized spacial score (nSPS) is 23.9. The fourth-order valence-electron chi connectivity index (χ4n) is 4.70. The molecule has 3 aliphatic rings. The second-order valence-corrected chi connectivity index (χ2v) is 8.05. The van der Waals surface area contributed by atoms with Crippen LogP contribution in [0.2, 0.25) is 0 Å². The van der Waals surface area contributed by atoms with E-state index in [1.807, 2.05) is 4.90 Å². The molecular weight excluding hydrogens is 469 g/mol. The molecule has 0 spiro atoms. The van der Waals surface area contributed by atoms with Gasteiger partial charge in [-0.15, -0.1) is 24.0 Å². The van der Waals surface area contributed by atoms with Crippen LogP contribution in [0.1, 0.15) is 46.0 Å². The molecule has 2 aliphatic heterocycles. The van der Waals surface area contributed by atoms with Crippen molar-refractivity contribution in [3.8, 4) is 0 Å². The number of rotatable bonds is 4. The Morgan fingerprint density at radius 2 is 1.61 bits per heavy atom. The van der Waals surface area contributed by atoms with E-state index in [-0.39, 0.29) is 35.4 Å². The monoisotopic (exact) mass is 507 g/mol. The number of piperazine rings is 1. The summed E-state index contributed by atoms with van der Waals surface area (Å²) >= 11 is 0. The minimum absolute atomic E-state index is 0. The summed E-state index contributed by atoms with van der Waals surface area (Å²) in [6.07, 6.45) is 6.45. The topological polar surface area (TPSA) is 60.4 Å². The van der Waals surface area contributed by atoms with Crippen LogP contribution in [0.15, 0.2) is 4.99 Å².